The van der Waals surface area contributed by atoms with Gasteiger partial charge in [-0.3, -0.25) is 9.59 Å². The lowest BCUT2D eigenvalue weighted by Gasteiger charge is -2.08. The summed E-state index contributed by atoms with van der Waals surface area (Å²) in [5.41, 5.74) is 0.499. The second kappa shape index (κ2) is 5.92. The number of carbonyl (C=O) groups is 2. The number of rotatable bonds is 3. The average molecular weight is 351 g/mol. The molecule has 6 nitrogen and oxygen atoms in total. The number of hydrogen-bond donors (Lipinski definition) is 3. The lowest BCUT2D eigenvalue weighted by atomic mass is 10.2. The number of pyridine rings is 1. The molecule has 2 aromatic rings. The Morgan fingerprint density at radius 1 is 1.29 bits per heavy atom. The highest BCUT2D eigenvalue weighted by Crippen LogP contribution is 2.24. The first-order valence-corrected chi connectivity index (χ1v) is 6.71. The van der Waals surface area contributed by atoms with Gasteiger partial charge in [-0.05, 0) is 41.1 Å². The van der Waals surface area contributed by atoms with Crippen molar-refractivity contribution in [3.05, 3.63) is 62.0 Å². The highest BCUT2D eigenvalue weighted by molar-refractivity contribution is 9.10. The van der Waals surface area contributed by atoms with Crippen LogP contribution in [0.4, 0.5) is 5.69 Å². The SMILES string of the molecule is Cc1cc(=O)c(C(=O)Nc2cc(C(=O)O)ccc2Br)c[nH]1. The molecule has 7 heteroatoms. The topological polar surface area (TPSA) is 99.3 Å². The minimum Gasteiger partial charge on any atom is -0.478 e. The largest absolute Gasteiger partial charge is 0.478 e. The predicted molar refractivity (Wildman–Crippen MR) is 80.9 cm³/mol. The number of carboxylic acids is 1. The number of aryl methyl sites for hydroxylation is 1. The van der Waals surface area contributed by atoms with Crippen molar-refractivity contribution in [2.24, 2.45) is 0 Å². The van der Waals surface area contributed by atoms with E-state index in [2.05, 4.69) is 26.2 Å². The van der Waals surface area contributed by atoms with Gasteiger partial charge in [0.15, 0.2) is 5.43 Å². The number of hydrogen-bond acceptors (Lipinski definition) is 3. The molecule has 0 aliphatic carbocycles. The predicted octanol–water partition coefficient (Wildman–Crippen LogP) is 2.40. The van der Waals surface area contributed by atoms with Crippen molar-refractivity contribution in [3.8, 4) is 0 Å². The smallest absolute Gasteiger partial charge is 0.335 e. The summed E-state index contributed by atoms with van der Waals surface area (Å²) < 4.78 is 0.518. The van der Waals surface area contributed by atoms with Crippen LogP contribution in [0.2, 0.25) is 0 Å². The van der Waals surface area contributed by atoms with E-state index in [0.717, 1.165) is 0 Å². The molecule has 108 valence electrons. The highest BCUT2D eigenvalue weighted by atomic mass is 79.9. The van der Waals surface area contributed by atoms with Gasteiger partial charge < -0.3 is 15.4 Å². The number of halogens is 1. The maximum atomic E-state index is 12.1. The molecule has 0 saturated carbocycles. The maximum Gasteiger partial charge on any atom is 0.335 e. The van der Waals surface area contributed by atoms with E-state index in [0.29, 0.717) is 10.2 Å². The van der Waals surface area contributed by atoms with Crippen LogP contribution in [0.5, 0.6) is 0 Å². The van der Waals surface area contributed by atoms with Gasteiger partial charge >= 0.3 is 5.97 Å². The molecule has 21 heavy (non-hydrogen) atoms. The highest BCUT2D eigenvalue weighted by Gasteiger charge is 2.13. The third-order valence-electron chi connectivity index (χ3n) is 2.76. The minimum atomic E-state index is -1.11. The zero-order valence-corrected chi connectivity index (χ0v) is 12.5. The molecule has 0 spiro atoms. The van der Waals surface area contributed by atoms with Crippen molar-refractivity contribution >= 4 is 33.5 Å². The summed E-state index contributed by atoms with van der Waals surface area (Å²) in [5, 5.41) is 11.5. The van der Waals surface area contributed by atoms with E-state index in [1.165, 1.54) is 30.5 Å². The number of carboxylic acid groups (broad SMARTS) is 1. The van der Waals surface area contributed by atoms with Gasteiger partial charge in [-0.25, -0.2) is 4.79 Å². The van der Waals surface area contributed by atoms with Gasteiger partial charge in [0.05, 0.1) is 11.3 Å². The summed E-state index contributed by atoms with van der Waals surface area (Å²) in [5.74, 6) is -1.72. The molecule has 1 aromatic carbocycles. The molecule has 0 aliphatic heterocycles. The molecule has 0 atom stereocenters. The number of aromatic amines is 1. The van der Waals surface area contributed by atoms with Crippen LogP contribution in [-0.2, 0) is 0 Å². The molecule has 1 heterocycles. The van der Waals surface area contributed by atoms with Crippen molar-refractivity contribution in [2.45, 2.75) is 6.92 Å². The third-order valence-corrected chi connectivity index (χ3v) is 3.45. The first kappa shape index (κ1) is 15.0. The molecule has 0 aliphatic rings. The zero-order valence-electron chi connectivity index (χ0n) is 10.9. The van der Waals surface area contributed by atoms with E-state index in [1.807, 2.05) is 0 Å². The van der Waals surface area contributed by atoms with Crippen molar-refractivity contribution in [2.75, 3.05) is 5.32 Å². The van der Waals surface area contributed by atoms with Crippen LogP contribution < -0.4 is 10.7 Å². The lowest BCUT2D eigenvalue weighted by molar-refractivity contribution is 0.0696. The summed E-state index contributed by atoms with van der Waals surface area (Å²) >= 11 is 3.22. The molecule has 0 bridgehead atoms. The van der Waals surface area contributed by atoms with Crippen molar-refractivity contribution in [3.63, 3.8) is 0 Å². The number of amides is 1. The number of benzene rings is 1. The Morgan fingerprint density at radius 2 is 2.00 bits per heavy atom. The fourth-order valence-electron chi connectivity index (χ4n) is 1.69. The third kappa shape index (κ3) is 3.38. The lowest BCUT2D eigenvalue weighted by Crippen LogP contribution is -2.21. The van der Waals surface area contributed by atoms with Gasteiger partial charge in [-0.15, -0.1) is 0 Å². The molecule has 2 rings (SSSR count). The van der Waals surface area contributed by atoms with Gasteiger partial charge in [0, 0.05) is 22.4 Å². The van der Waals surface area contributed by atoms with Crippen LogP contribution in [0.3, 0.4) is 0 Å². The van der Waals surface area contributed by atoms with Crippen molar-refractivity contribution < 1.29 is 14.7 Å². The number of anilines is 1. The summed E-state index contributed by atoms with van der Waals surface area (Å²) in [4.78, 5) is 37.5. The van der Waals surface area contributed by atoms with Crippen LogP contribution in [0.25, 0.3) is 0 Å². The van der Waals surface area contributed by atoms with Gasteiger partial charge in [0.2, 0.25) is 0 Å². The van der Waals surface area contributed by atoms with E-state index in [1.54, 1.807) is 6.92 Å². The minimum absolute atomic E-state index is 0.0336. The molecule has 1 amide bonds. The monoisotopic (exact) mass is 350 g/mol. The first-order valence-electron chi connectivity index (χ1n) is 5.92. The fourth-order valence-corrected chi connectivity index (χ4v) is 2.04. The van der Waals surface area contributed by atoms with E-state index >= 15 is 0 Å². The van der Waals surface area contributed by atoms with Crippen molar-refractivity contribution in [1.82, 2.24) is 4.98 Å². The molecule has 1 aromatic heterocycles. The molecular weight excluding hydrogens is 340 g/mol. The number of carbonyl (C=O) groups excluding carboxylic acids is 1. The fraction of sp³-hybridized carbons (Fsp3) is 0.0714. The van der Waals surface area contributed by atoms with E-state index < -0.39 is 17.3 Å². The van der Waals surface area contributed by atoms with Crippen LogP contribution in [0.15, 0.2) is 39.7 Å². The molecule has 0 unspecified atom stereocenters. The number of nitrogens with one attached hydrogen (secondary N) is 2. The maximum absolute atomic E-state index is 12.1. The number of H-pyrrole nitrogens is 1. The molecule has 0 saturated heterocycles. The van der Waals surface area contributed by atoms with Crippen LogP contribution in [0, 0.1) is 6.92 Å². The Balaban J connectivity index is 2.33. The summed E-state index contributed by atoms with van der Waals surface area (Å²) in [7, 11) is 0. The normalized spacial score (nSPS) is 10.2. The van der Waals surface area contributed by atoms with E-state index in [4.69, 9.17) is 5.11 Å². The zero-order chi connectivity index (χ0) is 15.6. The van der Waals surface area contributed by atoms with E-state index in [9.17, 15) is 14.4 Å². The van der Waals surface area contributed by atoms with Crippen LogP contribution in [0.1, 0.15) is 26.4 Å². The summed E-state index contributed by atoms with van der Waals surface area (Å²) in [6.07, 6.45) is 1.32. The average Bonchev–Trinajstić information content (AvgIpc) is 2.40. The quantitative estimate of drug-likeness (QED) is 0.791. The second-order valence-corrected chi connectivity index (χ2v) is 5.20. The molecule has 0 radical (unpaired) electrons. The van der Waals surface area contributed by atoms with E-state index in [-0.39, 0.29) is 16.8 Å². The van der Waals surface area contributed by atoms with Gasteiger partial charge in [-0.1, -0.05) is 0 Å². The Kier molecular flexibility index (Phi) is 4.23. The van der Waals surface area contributed by atoms with Gasteiger partial charge in [0.25, 0.3) is 5.91 Å². The number of aromatic nitrogens is 1. The van der Waals surface area contributed by atoms with Gasteiger partial charge in [-0.2, -0.15) is 0 Å². The molecule has 3 N–H and O–H groups in total. The molecular formula is C14H11BrN2O4. The Morgan fingerprint density at radius 3 is 2.62 bits per heavy atom. The Bertz CT molecular complexity index is 783. The Hall–Kier alpha value is -2.41. The van der Waals surface area contributed by atoms with Crippen LogP contribution >= 0.6 is 15.9 Å². The van der Waals surface area contributed by atoms with Crippen LogP contribution in [-0.4, -0.2) is 22.0 Å². The summed E-state index contributed by atoms with van der Waals surface area (Å²) in [6, 6.07) is 5.55. The Labute approximate surface area is 127 Å². The molecule has 0 fully saturated rings. The second-order valence-electron chi connectivity index (χ2n) is 4.35. The number of aromatic carboxylic acids is 1. The first-order chi connectivity index (χ1) is 9.88. The van der Waals surface area contributed by atoms with Gasteiger partial charge in [0.1, 0.15) is 5.56 Å². The standard InChI is InChI=1S/C14H11BrN2O4/c1-7-4-12(18)9(6-16-7)13(19)17-11-5-8(14(20)21)2-3-10(11)15/h2-6H,1H3,(H,16,18)(H,17,19)(H,20,21). The summed E-state index contributed by atoms with van der Waals surface area (Å²) in [6.45, 7) is 1.70. The van der Waals surface area contributed by atoms with Crippen molar-refractivity contribution in [1.29, 1.82) is 0 Å².